The number of anilines is 1. The molecule has 0 unspecified atom stereocenters. The number of nitrogens with two attached hydrogens (primary N) is 1. The number of aromatic nitrogens is 2. The van der Waals surface area contributed by atoms with Gasteiger partial charge in [-0.25, -0.2) is 9.67 Å². The summed E-state index contributed by atoms with van der Waals surface area (Å²) >= 11 is 0. The lowest BCUT2D eigenvalue weighted by Crippen LogP contribution is -2.25. The number of hydrogen-bond acceptors (Lipinski definition) is 7. The van der Waals surface area contributed by atoms with Gasteiger partial charge in [0.2, 0.25) is 0 Å². The highest BCUT2D eigenvalue weighted by molar-refractivity contribution is 6.07. The Balaban J connectivity index is 1.94. The maximum atomic E-state index is 12.5. The first-order chi connectivity index (χ1) is 14.0. The van der Waals surface area contributed by atoms with Crippen LogP contribution in [0, 0.1) is 0 Å². The fourth-order valence-corrected chi connectivity index (χ4v) is 2.76. The number of ether oxygens (including phenoxy) is 2. The molecule has 2 aromatic carbocycles. The minimum Gasteiger partial charge on any atom is -0.545 e. The van der Waals surface area contributed by atoms with Crippen LogP contribution in [-0.2, 0) is 0 Å². The van der Waals surface area contributed by atoms with E-state index in [1.54, 1.807) is 12.1 Å². The lowest BCUT2D eigenvalue weighted by molar-refractivity contribution is -0.255. The van der Waals surface area contributed by atoms with Gasteiger partial charge in [0.1, 0.15) is 11.4 Å². The summed E-state index contributed by atoms with van der Waals surface area (Å²) in [6, 6.07) is 12.0. The van der Waals surface area contributed by atoms with Gasteiger partial charge in [0.15, 0.2) is 11.5 Å². The Kier molecular flexibility index (Phi) is 5.59. The summed E-state index contributed by atoms with van der Waals surface area (Å²) in [7, 11) is 2.68. The maximum Gasteiger partial charge on any atom is 0.282 e. The van der Waals surface area contributed by atoms with Gasteiger partial charge >= 0.3 is 0 Å². The average molecular weight is 393 g/mol. The van der Waals surface area contributed by atoms with Crippen LogP contribution in [0.3, 0.4) is 0 Å². The van der Waals surface area contributed by atoms with E-state index >= 15 is 0 Å². The number of rotatable bonds is 6. The average Bonchev–Trinajstić information content (AvgIpc) is 3.12. The lowest BCUT2D eigenvalue weighted by Gasteiger charge is -2.15. The van der Waals surface area contributed by atoms with Gasteiger partial charge in [-0.2, -0.15) is 5.10 Å². The molecule has 1 heterocycles. The Morgan fingerprint density at radius 1 is 1.14 bits per heavy atom. The molecule has 0 aliphatic carbocycles. The highest BCUT2D eigenvalue weighted by Gasteiger charge is 2.17. The molecular weight excluding hydrogens is 376 g/mol. The minimum absolute atomic E-state index is 0.0275. The van der Waals surface area contributed by atoms with Gasteiger partial charge in [-0.15, -0.1) is 0 Å². The summed E-state index contributed by atoms with van der Waals surface area (Å²) in [4.78, 5) is 27.9. The van der Waals surface area contributed by atoms with E-state index < -0.39 is 11.9 Å². The van der Waals surface area contributed by atoms with Gasteiger partial charge < -0.3 is 25.1 Å². The molecule has 0 saturated carbocycles. The number of nitrogens with zero attached hydrogens (tertiary/aromatic N) is 3. The third kappa shape index (κ3) is 3.79. The second kappa shape index (κ2) is 8.26. The van der Waals surface area contributed by atoms with Crippen molar-refractivity contribution in [3.8, 4) is 17.2 Å². The van der Waals surface area contributed by atoms with Crippen molar-refractivity contribution in [2.75, 3.05) is 20.0 Å². The van der Waals surface area contributed by atoms with Crippen LogP contribution >= 0.6 is 0 Å². The second-order valence-electron chi connectivity index (χ2n) is 5.81. The van der Waals surface area contributed by atoms with Crippen LogP contribution < -0.4 is 20.3 Å². The fourth-order valence-electron chi connectivity index (χ4n) is 2.76. The first-order valence-corrected chi connectivity index (χ1v) is 8.41. The molecule has 3 rings (SSSR count). The van der Waals surface area contributed by atoms with Gasteiger partial charge in [-0.05, 0) is 24.3 Å². The quantitative estimate of drug-likeness (QED) is 0.620. The monoisotopic (exact) mass is 393 g/mol. The highest BCUT2D eigenvalue weighted by Crippen LogP contribution is 2.32. The smallest absolute Gasteiger partial charge is 0.282 e. The van der Waals surface area contributed by atoms with Gasteiger partial charge in [-0.1, -0.05) is 18.2 Å². The van der Waals surface area contributed by atoms with Gasteiger partial charge in [0.05, 0.1) is 37.6 Å². The highest BCUT2D eigenvalue weighted by atomic mass is 16.5. The summed E-state index contributed by atoms with van der Waals surface area (Å²) in [6.45, 7) is 0. The normalized spacial score (nSPS) is 10.8. The predicted octanol–water partition coefficient (Wildman–Crippen LogP) is 1.09. The molecule has 1 aromatic heterocycles. The molecule has 0 saturated heterocycles. The number of carbonyl (C=O) groups is 2. The first-order valence-electron chi connectivity index (χ1n) is 8.41. The van der Waals surface area contributed by atoms with E-state index in [2.05, 4.69) is 10.1 Å². The maximum absolute atomic E-state index is 12.5. The van der Waals surface area contributed by atoms with E-state index in [0.29, 0.717) is 5.69 Å². The predicted molar refractivity (Wildman–Crippen MR) is 104 cm³/mol. The van der Waals surface area contributed by atoms with Crippen molar-refractivity contribution in [2.24, 2.45) is 4.99 Å². The topological polar surface area (TPSA) is 132 Å². The molecule has 0 aliphatic rings. The summed E-state index contributed by atoms with van der Waals surface area (Å²) in [5, 5.41) is 15.7. The Hall–Kier alpha value is -4.14. The van der Waals surface area contributed by atoms with E-state index in [4.69, 9.17) is 15.2 Å². The molecule has 0 spiro atoms. The Labute approximate surface area is 166 Å². The summed E-state index contributed by atoms with van der Waals surface area (Å²) in [5.41, 5.74) is 6.64. The minimum atomic E-state index is -1.49. The molecule has 0 atom stereocenters. The van der Waals surface area contributed by atoms with Crippen LogP contribution in [0.5, 0.6) is 11.5 Å². The van der Waals surface area contributed by atoms with Crippen LogP contribution in [-0.4, -0.2) is 42.1 Å². The van der Waals surface area contributed by atoms with Crippen LogP contribution in [0.2, 0.25) is 0 Å². The molecule has 0 aliphatic heterocycles. The lowest BCUT2D eigenvalue weighted by atomic mass is 10.1. The largest absolute Gasteiger partial charge is 0.545 e. The molecule has 0 bridgehead atoms. The molecule has 1 amide bonds. The van der Waals surface area contributed by atoms with Crippen LogP contribution in [0.15, 0.2) is 53.7 Å². The number of carboxylic acid groups (broad SMARTS) is 1. The zero-order chi connectivity index (χ0) is 21.0. The zero-order valence-corrected chi connectivity index (χ0v) is 15.7. The third-order valence-corrected chi connectivity index (χ3v) is 4.14. The number of aromatic carboxylic acids is 1. The standard InChI is InChI=1S/C20H18N4O5/c1-28-15-9-8-12(16(20(26)27)17(15)29-2)10-22-19(25)14-11-23-24(18(14)21)13-6-4-3-5-7-13/h3-11H,21H2,1-2H3,(H,26,27)/p-1. The van der Waals surface area contributed by atoms with Crippen molar-refractivity contribution in [3.63, 3.8) is 0 Å². The molecule has 9 heteroatoms. The number of carboxylic acids is 1. The van der Waals surface area contributed by atoms with Crippen LogP contribution in [0.25, 0.3) is 5.69 Å². The number of hydrogen-bond donors (Lipinski definition) is 1. The van der Waals surface area contributed by atoms with Crippen LogP contribution in [0.4, 0.5) is 5.82 Å². The molecule has 148 valence electrons. The number of nitrogen functional groups attached to an aromatic ring is 1. The SMILES string of the molecule is COc1ccc(C=NC(=O)c2cnn(-c3ccccc3)c2N)c(C(=O)[O-])c1OC. The Morgan fingerprint density at radius 3 is 2.48 bits per heavy atom. The molecular formula is C20H17N4O5-. The van der Waals surface area contributed by atoms with Gasteiger partial charge in [0.25, 0.3) is 5.91 Å². The number of amides is 1. The fraction of sp³-hybridized carbons (Fsp3) is 0.100. The van der Waals surface area contributed by atoms with Crippen molar-refractivity contribution >= 4 is 23.9 Å². The van der Waals surface area contributed by atoms with Gasteiger partial charge in [-0.3, -0.25) is 4.79 Å². The molecule has 9 nitrogen and oxygen atoms in total. The van der Waals surface area contributed by atoms with Crippen molar-refractivity contribution in [1.82, 2.24) is 9.78 Å². The Bertz CT molecular complexity index is 1090. The molecule has 0 radical (unpaired) electrons. The number of methoxy groups -OCH3 is 2. The van der Waals surface area contributed by atoms with Gasteiger partial charge in [0, 0.05) is 11.8 Å². The van der Waals surface area contributed by atoms with Crippen molar-refractivity contribution in [1.29, 1.82) is 0 Å². The molecule has 3 aromatic rings. The summed E-state index contributed by atoms with van der Waals surface area (Å²) in [6.07, 6.45) is 2.41. The number of para-hydroxylation sites is 1. The third-order valence-electron chi connectivity index (χ3n) is 4.14. The molecule has 2 N–H and O–H groups in total. The number of carbonyl (C=O) groups excluding carboxylic acids is 2. The zero-order valence-electron chi connectivity index (χ0n) is 15.7. The number of benzene rings is 2. The summed E-state index contributed by atoms with van der Waals surface area (Å²) < 4.78 is 11.6. The Morgan fingerprint density at radius 2 is 1.86 bits per heavy atom. The molecule has 0 fully saturated rings. The van der Waals surface area contributed by atoms with E-state index in [1.807, 2.05) is 18.2 Å². The number of aliphatic imine (C=N–C) groups is 1. The van der Waals surface area contributed by atoms with Crippen molar-refractivity contribution in [2.45, 2.75) is 0 Å². The second-order valence-corrected chi connectivity index (χ2v) is 5.81. The van der Waals surface area contributed by atoms with Crippen LogP contribution in [0.1, 0.15) is 26.3 Å². The van der Waals surface area contributed by atoms with E-state index in [0.717, 1.165) is 6.21 Å². The van der Waals surface area contributed by atoms with E-state index in [9.17, 15) is 14.7 Å². The van der Waals surface area contributed by atoms with E-state index in [1.165, 1.54) is 37.2 Å². The van der Waals surface area contributed by atoms with E-state index in [-0.39, 0.29) is 34.0 Å². The van der Waals surface area contributed by atoms with Crippen molar-refractivity contribution < 1.29 is 24.2 Å². The summed E-state index contributed by atoms with van der Waals surface area (Å²) in [5.74, 6) is -1.87. The van der Waals surface area contributed by atoms with Crippen molar-refractivity contribution in [3.05, 3.63) is 65.4 Å². The first kappa shape index (κ1) is 19.6. The molecule has 29 heavy (non-hydrogen) atoms.